The van der Waals surface area contributed by atoms with Gasteiger partial charge >= 0.3 is 0 Å². The summed E-state index contributed by atoms with van der Waals surface area (Å²) in [5.74, 6) is 1.79. The van der Waals surface area contributed by atoms with Gasteiger partial charge in [-0.25, -0.2) is 0 Å². The van der Waals surface area contributed by atoms with Crippen LogP contribution in [-0.2, 0) is 16.0 Å². The highest BCUT2D eigenvalue weighted by atomic mass is 16.7. The van der Waals surface area contributed by atoms with Crippen LogP contribution in [0.4, 0.5) is 0 Å². The first-order valence-corrected chi connectivity index (χ1v) is 11.5. The van der Waals surface area contributed by atoms with E-state index in [9.17, 15) is 0 Å². The third-order valence-corrected chi connectivity index (χ3v) is 6.02. The lowest BCUT2D eigenvalue weighted by molar-refractivity contribution is -0.143. The van der Waals surface area contributed by atoms with Crippen molar-refractivity contribution in [2.75, 3.05) is 20.0 Å². The van der Waals surface area contributed by atoms with Crippen LogP contribution in [0.25, 0.3) is 10.8 Å². The Morgan fingerprint density at radius 2 is 1.62 bits per heavy atom. The molecule has 4 rings (SSSR count). The molecule has 0 radical (unpaired) electrons. The molecule has 5 heteroatoms. The van der Waals surface area contributed by atoms with E-state index in [1.54, 1.807) is 0 Å². The molecule has 3 aromatic rings. The van der Waals surface area contributed by atoms with E-state index in [1.165, 1.54) is 21.9 Å². The molecule has 1 aliphatic heterocycles. The molecule has 0 fully saturated rings. The van der Waals surface area contributed by atoms with Gasteiger partial charge in [-0.05, 0) is 60.9 Å². The van der Waals surface area contributed by atoms with E-state index in [1.807, 2.05) is 19.9 Å². The van der Waals surface area contributed by atoms with Gasteiger partial charge in [0.25, 0.3) is 0 Å². The minimum absolute atomic E-state index is 0.188. The largest absolute Gasteiger partial charge is 0.454 e. The van der Waals surface area contributed by atoms with Gasteiger partial charge in [0.2, 0.25) is 6.79 Å². The molecule has 5 nitrogen and oxygen atoms in total. The van der Waals surface area contributed by atoms with Crippen LogP contribution in [-0.4, -0.2) is 32.3 Å². The summed E-state index contributed by atoms with van der Waals surface area (Å²) in [7, 11) is 0. The zero-order valence-electron chi connectivity index (χ0n) is 19.2. The summed E-state index contributed by atoms with van der Waals surface area (Å²) in [5.41, 5.74) is 2.46. The van der Waals surface area contributed by atoms with E-state index in [0.29, 0.717) is 13.2 Å². The normalized spacial score (nSPS) is 14.8. The summed E-state index contributed by atoms with van der Waals surface area (Å²) in [6.45, 7) is 8.55. The number of benzene rings is 3. The fraction of sp³-hybridized carbons (Fsp3) is 0.407. The van der Waals surface area contributed by atoms with Gasteiger partial charge < -0.3 is 24.3 Å². The first-order chi connectivity index (χ1) is 15.7. The maximum absolute atomic E-state index is 5.88. The second kappa shape index (κ2) is 10.8. The van der Waals surface area contributed by atoms with Crippen LogP contribution >= 0.6 is 0 Å². The highest BCUT2D eigenvalue weighted by Crippen LogP contribution is 2.37. The van der Waals surface area contributed by atoms with Crippen molar-refractivity contribution >= 4 is 10.8 Å². The van der Waals surface area contributed by atoms with Crippen LogP contribution in [0.1, 0.15) is 44.2 Å². The van der Waals surface area contributed by atoms with Gasteiger partial charge in [-0.2, -0.15) is 0 Å². The van der Waals surface area contributed by atoms with Gasteiger partial charge in [-0.3, -0.25) is 0 Å². The van der Waals surface area contributed by atoms with Crippen molar-refractivity contribution < 1.29 is 18.9 Å². The summed E-state index contributed by atoms with van der Waals surface area (Å²) in [6.07, 6.45) is 0.512. The summed E-state index contributed by atoms with van der Waals surface area (Å²) in [5, 5.41) is 6.26. The quantitative estimate of drug-likeness (QED) is 0.396. The predicted molar refractivity (Wildman–Crippen MR) is 127 cm³/mol. The highest BCUT2D eigenvalue weighted by molar-refractivity contribution is 5.82. The summed E-state index contributed by atoms with van der Waals surface area (Å²) < 4.78 is 22.9. The zero-order valence-corrected chi connectivity index (χ0v) is 19.2. The van der Waals surface area contributed by atoms with E-state index < -0.39 is 0 Å². The topological polar surface area (TPSA) is 49.0 Å². The van der Waals surface area contributed by atoms with Crippen molar-refractivity contribution in [3.8, 4) is 11.5 Å². The van der Waals surface area contributed by atoms with Crippen LogP contribution in [0.2, 0.25) is 0 Å². The zero-order chi connectivity index (χ0) is 22.3. The molecule has 0 spiro atoms. The average molecular weight is 436 g/mol. The molecule has 0 amide bonds. The predicted octanol–water partition coefficient (Wildman–Crippen LogP) is 5.62. The van der Waals surface area contributed by atoms with E-state index in [4.69, 9.17) is 18.9 Å². The summed E-state index contributed by atoms with van der Waals surface area (Å²) in [4.78, 5) is 0. The molecule has 0 unspecified atom stereocenters. The fourth-order valence-electron chi connectivity index (χ4n) is 4.31. The van der Waals surface area contributed by atoms with Gasteiger partial charge in [0, 0.05) is 38.1 Å². The average Bonchev–Trinajstić information content (AvgIpc) is 3.29. The number of hydrogen-bond donors (Lipinski definition) is 1. The third kappa shape index (κ3) is 5.41. The molecule has 0 bridgehead atoms. The van der Waals surface area contributed by atoms with Gasteiger partial charge in [-0.15, -0.1) is 0 Å². The summed E-state index contributed by atoms with van der Waals surface area (Å²) >= 11 is 0. The molecular weight excluding hydrogens is 402 g/mol. The molecule has 0 saturated carbocycles. The molecule has 32 heavy (non-hydrogen) atoms. The molecule has 2 atom stereocenters. The second-order valence-electron chi connectivity index (χ2n) is 8.15. The van der Waals surface area contributed by atoms with Gasteiger partial charge in [0.1, 0.15) is 0 Å². The Morgan fingerprint density at radius 3 is 2.41 bits per heavy atom. The van der Waals surface area contributed by atoms with E-state index in [2.05, 4.69) is 66.8 Å². The van der Waals surface area contributed by atoms with Gasteiger partial charge in [0.15, 0.2) is 17.8 Å². The van der Waals surface area contributed by atoms with Crippen molar-refractivity contribution in [2.45, 2.75) is 52.0 Å². The molecule has 1 aliphatic rings. The monoisotopic (exact) mass is 435 g/mol. The number of hydrogen-bond acceptors (Lipinski definition) is 5. The van der Waals surface area contributed by atoms with Crippen molar-refractivity contribution in [1.82, 2.24) is 5.32 Å². The van der Waals surface area contributed by atoms with Gasteiger partial charge in [-0.1, -0.05) is 42.5 Å². The molecule has 0 saturated heterocycles. The SMILES string of the molecule is CCOC(C[C@H](c1ccc2c(c1)OCO2)[C@@H](C)NCc1ccc2ccccc2c1)OCC. The third-order valence-electron chi connectivity index (χ3n) is 6.02. The first kappa shape index (κ1) is 22.6. The second-order valence-corrected chi connectivity index (χ2v) is 8.15. The fourth-order valence-corrected chi connectivity index (χ4v) is 4.31. The molecule has 0 aliphatic carbocycles. The van der Waals surface area contributed by atoms with E-state index in [-0.39, 0.29) is 25.0 Å². The van der Waals surface area contributed by atoms with E-state index in [0.717, 1.165) is 24.5 Å². The van der Waals surface area contributed by atoms with Crippen molar-refractivity contribution in [3.05, 3.63) is 71.8 Å². The molecule has 170 valence electrons. The van der Waals surface area contributed by atoms with Crippen molar-refractivity contribution in [1.29, 1.82) is 0 Å². The lowest BCUT2D eigenvalue weighted by Gasteiger charge is -2.29. The van der Waals surface area contributed by atoms with Crippen LogP contribution in [0.3, 0.4) is 0 Å². The number of nitrogens with one attached hydrogen (secondary N) is 1. The van der Waals surface area contributed by atoms with Crippen LogP contribution in [0, 0.1) is 0 Å². The molecule has 3 aromatic carbocycles. The van der Waals surface area contributed by atoms with Crippen LogP contribution in [0.5, 0.6) is 11.5 Å². The molecule has 1 N–H and O–H groups in total. The lowest BCUT2D eigenvalue weighted by atomic mass is 9.88. The van der Waals surface area contributed by atoms with Crippen molar-refractivity contribution in [2.24, 2.45) is 0 Å². The smallest absolute Gasteiger partial charge is 0.231 e. The summed E-state index contributed by atoms with van der Waals surface area (Å²) in [6, 6.07) is 21.5. The Morgan fingerprint density at radius 1 is 0.875 bits per heavy atom. The van der Waals surface area contributed by atoms with Gasteiger partial charge in [0.05, 0.1) is 0 Å². The Kier molecular flexibility index (Phi) is 7.63. The Hall–Kier alpha value is -2.60. The highest BCUT2D eigenvalue weighted by Gasteiger charge is 2.26. The molecular formula is C27H33NO4. The minimum atomic E-state index is -0.245. The molecule has 1 heterocycles. The molecule has 0 aromatic heterocycles. The number of ether oxygens (including phenoxy) is 4. The standard InChI is InChI=1S/C27H33NO4/c1-4-29-27(30-5-2)16-24(23-12-13-25-26(15-23)32-18-31-25)19(3)28-17-20-10-11-21-8-6-7-9-22(21)14-20/h6-15,19,24,27-28H,4-5,16-18H2,1-3H3/t19-,24+/m1/s1. The van der Waals surface area contributed by atoms with E-state index >= 15 is 0 Å². The first-order valence-electron chi connectivity index (χ1n) is 11.5. The maximum Gasteiger partial charge on any atom is 0.231 e. The lowest BCUT2D eigenvalue weighted by Crippen LogP contribution is -2.35. The van der Waals surface area contributed by atoms with Crippen LogP contribution < -0.4 is 14.8 Å². The number of fused-ring (bicyclic) bond motifs is 2. The van der Waals surface area contributed by atoms with Crippen LogP contribution in [0.15, 0.2) is 60.7 Å². The Bertz CT molecular complexity index is 1020. The Balaban J connectivity index is 1.52. The Labute approximate surface area is 190 Å². The van der Waals surface area contributed by atoms with Crippen molar-refractivity contribution in [3.63, 3.8) is 0 Å². The maximum atomic E-state index is 5.88. The number of rotatable bonds is 11. The minimum Gasteiger partial charge on any atom is -0.454 e.